The SMILES string of the molecule is OC[C@H](COCc1ccccc1)C(F)(F)F. The smallest absolute Gasteiger partial charge is 0.396 e. The van der Waals surface area contributed by atoms with Crippen LogP contribution in [0.15, 0.2) is 30.3 Å². The fraction of sp³-hybridized carbons (Fsp3) is 0.455. The van der Waals surface area contributed by atoms with Gasteiger partial charge in [0.25, 0.3) is 0 Å². The summed E-state index contributed by atoms with van der Waals surface area (Å²) in [5.74, 6) is -1.81. The van der Waals surface area contributed by atoms with Gasteiger partial charge < -0.3 is 9.84 Å². The summed E-state index contributed by atoms with van der Waals surface area (Å²) in [6.45, 7) is -1.35. The first-order chi connectivity index (χ1) is 7.54. The second-order valence-corrected chi connectivity index (χ2v) is 3.42. The van der Waals surface area contributed by atoms with Gasteiger partial charge in [0.1, 0.15) is 5.92 Å². The maximum Gasteiger partial charge on any atom is 0.396 e. The van der Waals surface area contributed by atoms with Crippen LogP contribution in [0.1, 0.15) is 5.56 Å². The van der Waals surface area contributed by atoms with Gasteiger partial charge in [0, 0.05) is 0 Å². The van der Waals surface area contributed by atoms with Crippen molar-refractivity contribution < 1.29 is 23.0 Å². The Bertz CT molecular complexity index is 298. The zero-order valence-corrected chi connectivity index (χ0v) is 8.57. The largest absolute Gasteiger partial charge is 0.396 e. The number of aliphatic hydroxyl groups is 1. The van der Waals surface area contributed by atoms with Crippen LogP contribution in [0.25, 0.3) is 0 Å². The lowest BCUT2D eigenvalue weighted by atomic mass is 10.2. The van der Waals surface area contributed by atoms with Crippen molar-refractivity contribution in [3.8, 4) is 0 Å². The van der Waals surface area contributed by atoms with Gasteiger partial charge >= 0.3 is 6.18 Å². The third kappa shape index (κ3) is 4.20. The Morgan fingerprint density at radius 1 is 1.19 bits per heavy atom. The molecule has 90 valence electrons. The molecular formula is C11H13F3O2. The van der Waals surface area contributed by atoms with Gasteiger partial charge in [-0.25, -0.2) is 0 Å². The maximum atomic E-state index is 12.2. The van der Waals surface area contributed by atoms with E-state index < -0.39 is 25.3 Å². The lowest BCUT2D eigenvalue weighted by molar-refractivity contribution is -0.198. The van der Waals surface area contributed by atoms with Gasteiger partial charge in [-0.15, -0.1) is 0 Å². The van der Waals surface area contributed by atoms with Crippen LogP contribution in [0.5, 0.6) is 0 Å². The van der Waals surface area contributed by atoms with Crippen LogP contribution >= 0.6 is 0 Å². The number of aliphatic hydroxyl groups excluding tert-OH is 1. The first-order valence-electron chi connectivity index (χ1n) is 4.83. The van der Waals surface area contributed by atoms with Crippen molar-refractivity contribution >= 4 is 0 Å². The van der Waals surface area contributed by atoms with Crippen LogP contribution in [0.2, 0.25) is 0 Å². The Morgan fingerprint density at radius 3 is 2.31 bits per heavy atom. The highest BCUT2D eigenvalue weighted by Gasteiger charge is 2.39. The first-order valence-corrected chi connectivity index (χ1v) is 4.83. The number of halogens is 3. The molecule has 1 atom stereocenters. The van der Waals surface area contributed by atoms with E-state index >= 15 is 0 Å². The van der Waals surface area contributed by atoms with Gasteiger partial charge in [-0.1, -0.05) is 30.3 Å². The van der Waals surface area contributed by atoms with Crippen molar-refractivity contribution in [2.45, 2.75) is 12.8 Å². The normalized spacial score (nSPS) is 13.8. The molecule has 1 aromatic rings. The molecular weight excluding hydrogens is 221 g/mol. The Balaban J connectivity index is 2.35. The van der Waals surface area contributed by atoms with Crippen LogP contribution in [0.4, 0.5) is 13.2 Å². The molecule has 0 spiro atoms. The lowest BCUT2D eigenvalue weighted by Gasteiger charge is -2.17. The molecule has 0 fully saturated rings. The number of alkyl halides is 3. The highest BCUT2D eigenvalue weighted by Crippen LogP contribution is 2.26. The molecule has 2 nitrogen and oxygen atoms in total. The molecule has 0 saturated carbocycles. The number of hydrogen-bond acceptors (Lipinski definition) is 2. The standard InChI is InChI=1S/C11H13F3O2/c12-11(13,14)10(6-15)8-16-7-9-4-2-1-3-5-9/h1-5,10,15H,6-8H2/t10-/m1/s1. The Hall–Kier alpha value is -1.07. The van der Waals surface area contributed by atoms with Crippen molar-refractivity contribution in [1.29, 1.82) is 0 Å². The van der Waals surface area contributed by atoms with E-state index in [1.165, 1.54) is 0 Å². The zero-order valence-electron chi connectivity index (χ0n) is 8.57. The van der Waals surface area contributed by atoms with E-state index in [1.807, 2.05) is 6.07 Å². The molecule has 0 aromatic heterocycles. The minimum atomic E-state index is -4.41. The number of ether oxygens (including phenoxy) is 1. The van der Waals surface area contributed by atoms with Gasteiger partial charge in [-0.3, -0.25) is 0 Å². The minimum absolute atomic E-state index is 0.118. The predicted molar refractivity (Wildman–Crippen MR) is 52.7 cm³/mol. The average Bonchev–Trinajstić information content (AvgIpc) is 2.24. The van der Waals surface area contributed by atoms with E-state index in [2.05, 4.69) is 0 Å². The minimum Gasteiger partial charge on any atom is -0.396 e. The molecule has 0 saturated heterocycles. The molecule has 0 aliphatic rings. The van der Waals surface area contributed by atoms with Crippen molar-refractivity contribution in [3.05, 3.63) is 35.9 Å². The molecule has 16 heavy (non-hydrogen) atoms. The van der Waals surface area contributed by atoms with Crippen LogP contribution in [0, 0.1) is 5.92 Å². The van der Waals surface area contributed by atoms with Gasteiger partial charge in [0.15, 0.2) is 0 Å². The molecule has 0 heterocycles. The van der Waals surface area contributed by atoms with Gasteiger partial charge in [-0.2, -0.15) is 13.2 Å². The molecule has 1 rings (SSSR count). The van der Waals surface area contributed by atoms with Gasteiger partial charge in [0.05, 0.1) is 19.8 Å². The Labute approximate surface area is 91.7 Å². The zero-order chi connectivity index (χ0) is 12.0. The number of rotatable bonds is 5. The maximum absolute atomic E-state index is 12.2. The third-order valence-corrected chi connectivity index (χ3v) is 2.11. The van der Waals surface area contributed by atoms with Gasteiger partial charge in [0.2, 0.25) is 0 Å². The molecule has 0 aliphatic carbocycles. The fourth-order valence-corrected chi connectivity index (χ4v) is 1.14. The molecule has 5 heteroatoms. The highest BCUT2D eigenvalue weighted by atomic mass is 19.4. The Morgan fingerprint density at radius 2 is 1.81 bits per heavy atom. The van der Waals surface area contributed by atoms with Crippen LogP contribution < -0.4 is 0 Å². The van der Waals surface area contributed by atoms with Crippen molar-refractivity contribution in [3.63, 3.8) is 0 Å². The summed E-state index contributed by atoms with van der Waals surface area (Å²) >= 11 is 0. The molecule has 1 aromatic carbocycles. The van der Waals surface area contributed by atoms with Crippen LogP contribution in [-0.4, -0.2) is 24.5 Å². The summed E-state index contributed by atoms with van der Waals surface area (Å²) in [4.78, 5) is 0. The van der Waals surface area contributed by atoms with E-state index in [-0.39, 0.29) is 6.61 Å². The molecule has 0 bridgehead atoms. The molecule has 0 unspecified atom stereocenters. The van der Waals surface area contributed by atoms with Crippen LogP contribution in [-0.2, 0) is 11.3 Å². The molecule has 0 amide bonds. The van der Waals surface area contributed by atoms with E-state index in [0.29, 0.717) is 0 Å². The summed E-state index contributed by atoms with van der Waals surface area (Å²) < 4.78 is 41.5. The lowest BCUT2D eigenvalue weighted by Crippen LogP contribution is -2.30. The summed E-state index contributed by atoms with van der Waals surface area (Å²) in [6.07, 6.45) is -4.41. The number of benzene rings is 1. The van der Waals surface area contributed by atoms with E-state index in [4.69, 9.17) is 9.84 Å². The van der Waals surface area contributed by atoms with Crippen molar-refractivity contribution in [2.75, 3.05) is 13.2 Å². The van der Waals surface area contributed by atoms with E-state index in [1.54, 1.807) is 24.3 Å². The predicted octanol–water partition coefficient (Wildman–Crippen LogP) is 2.37. The van der Waals surface area contributed by atoms with E-state index in [9.17, 15) is 13.2 Å². The second-order valence-electron chi connectivity index (χ2n) is 3.42. The summed E-state index contributed by atoms with van der Waals surface area (Å²) in [7, 11) is 0. The molecule has 1 N–H and O–H groups in total. The van der Waals surface area contributed by atoms with Crippen molar-refractivity contribution in [2.24, 2.45) is 5.92 Å². The summed E-state index contributed by atoms with van der Waals surface area (Å²) in [5, 5.41) is 8.56. The Kier molecular flexibility index (Phi) is 4.76. The first kappa shape index (κ1) is 13.0. The molecule has 0 radical (unpaired) electrons. The van der Waals surface area contributed by atoms with Crippen LogP contribution in [0.3, 0.4) is 0 Å². The number of hydrogen-bond donors (Lipinski definition) is 1. The topological polar surface area (TPSA) is 29.5 Å². The molecule has 0 aliphatic heterocycles. The van der Waals surface area contributed by atoms with E-state index in [0.717, 1.165) is 5.56 Å². The fourth-order valence-electron chi connectivity index (χ4n) is 1.14. The van der Waals surface area contributed by atoms with Crippen molar-refractivity contribution in [1.82, 2.24) is 0 Å². The highest BCUT2D eigenvalue weighted by molar-refractivity contribution is 5.13. The monoisotopic (exact) mass is 234 g/mol. The quantitative estimate of drug-likeness (QED) is 0.847. The average molecular weight is 234 g/mol. The third-order valence-electron chi connectivity index (χ3n) is 2.11. The summed E-state index contributed by atoms with van der Waals surface area (Å²) in [5.41, 5.74) is 0.807. The van der Waals surface area contributed by atoms with Gasteiger partial charge in [-0.05, 0) is 5.56 Å². The second kappa shape index (κ2) is 5.86. The summed E-state index contributed by atoms with van der Waals surface area (Å²) in [6, 6.07) is 8.91.